The number of nitrogens with zero attached hydrogens (tertiary/aromatic N) is 1. The van der Waals surface area contributed by atoms with Crippen molar-refractivity contribution < 1.29 is 14.3 Å². The highest BCUT2D eigenvalue weighted by Crippen LogP contribution is 2.27. The summed E-state index contributed by atoms with van der Waals surface area (Å²) in [5.74, 6) is 0.0613. The second-order valence-corrected chi connectivity index (χ2v) is 5.71. The minimum atomic E-state index is -0.625. The smallest absolute Gasteiger partial charge is 0.348 e. The molecule has 5 heteroatoms. The van der Waals surface area contributed by atoms with E-state index >= 15 is 0 Å². The highest BCUT2D eigenvalue weighted by molar-refractivity contribution is 9.10. The molecule has 0 amide bonds. The molecule has 2 aromatic carbocycles. The molecule has 0 aromatic heterocycles. The molecular weight excluding hydrogens is 370 g/mol. The highest BCUT2D eigenvalue weighted by atomic mass is 79.9. The molecule has 24 heavy (non-hydrogen) atoms. The molecule has 0 atom stereocenters. The van der Waals surface area contributed by atoms with Crippen molar-refractivity contribution in [1.29, 1.82) is 5.26 Å². The van der Waals surface area contributed by atoms with Gasteiger partial charge in [-0.1, -0.05) is 36.4 Å². The Labute approximate surface area is 149 Å². The van der Waals surface area contributed by atoms with E-state index in [1.54, 1.807) is 25.1 Å². The summed E-state index contributed by atoms with van der Waals surface area (Å²) in [6, 6.07) is 17.1. The van der Waals surface area contributed by atoms with Crippen LogP contribution in [0.15, 0.2) is 58.6 Å². The first-order valence-electron chi connectivity index (χ1n) is 7.39. The lowest BCUT2D eigenvalue weighted by Gasteiger charge is -2.09. The third kappa shape index (κ3) is 4.97. The maximum atomic E-state index is 11.6. The van der Waals surface area contributed by atoms with E-state index < -0.39 is 5.97 Å². The summed E-state index contributed by atoms with van der Waals surface area (Å²) in [7, 11) is 0. The number of ether oxygens (including phenoxy) is 2. The van der Waals surface area contributed by atoms with Gasteiger partial charge in [0.1, 0.15) is 24.0 Å². The summed E-state index contributed by atoms with van der Waals surface area (Å²) in [6.07, 6.45) is 1.49. The van der Waals surface area contributed by atoms with E-state index in [0.29, 0.717) is 17.9 Å². The van der Waals surface area contributed by atoms with Gasteiger partial charge in [-0.15, -0.1) is 0 Å². The summed E-state index contributed by atoms with van der Waals surface area (Å²) in [5.41, 5.74) is 1.74. The zero-order valence-corrected chi connectivity index (χ0v) is 14.7. The lowest BCUT2D eigenvalue weighted by Crippen LogP contribution is -2.06. The standard InChI is InChI=1S/C19H16BrNO3/c1-2-23-19(22)16(12-21)10-15-8-9-18(17(20)11-15)24-13-14-6-4-3-5-7-14/h3-11H,2,13H2,1H3. The maximum absolute atomic E-state index is 11.6. The van der Waals surface area contributed by atoms with Gasteiger partial charge in [0.2, 0.25) is 0 Å². The number of esters is 1. The number of carbonyl (C=O) groups excluding carboxylic acids is 1. The van der Waals surface area contributed by atoms with Crippen LogP contribution in [-0.2, 0) is 16.1 Å². The molecule has 0 aliphatic carbocycles. The molecule has 0 heterocycles. The fraction of sp³-hybridized carbons (Fsp3) is 0.158. The Bertz CT molecular complexity index is 779. The Morgan fingerprint density at radius 1 is 1.25 bits per heavy atom. The van der Waals surface area contributed by atoms with Crippen LogP contribution in [-0.4, -0.2) is 12.6 Å². The average molecular weight is 386 g/mol. The molecule has 0 spiro atoms. The van der Waals surface area contributed by atoms with Crippen molar-refractivity contribution in [2.75, 3.05) is 6.61 Å². The van der Waals surface area contributed by atoms with Crippen molar-refractivity contribution in [1.82, 2.24) is 0 Å². The van der Waals surface area contributed by atoms with E-state index in [9.17, 15) is 4.79 Å². The topological polar surface area (TPSA) is 59.3 Å². The van der Waals surface area contributed by atoms with Gasteiger partial charge in [0, 0.05) is 0 Å². The van der Waals surface area contributed by atoms with Crippen LogP contribution in [0.1, 0.15) is 18.1 Å². The highest BCUT2D eigenvalue weighted by Gasteiger charge is 2.10. The lowest BCUT2D eigenvalue weighted by atomic mass is 10.1. The van der Waals surface area contributed by atoms with Crippen molar-refractivity contribution in [2.45, 2.75) is 13.5 Å². The van der Waals surface area contributed by atoms with Crippen LogP contribution in [0, 0.1) is 11.3 Å². The summed E-state index contributed by atoms with van der Waals surface area (Å²) in [6.45, 7) is 2.39. The first-order chi connectivity index (χ1) is 11.6. The molecule has 0 fully saturated rings. The van der Waals surface area contributed by atoms with Gasteiger partial charge in [0.25, 0.3) is 0 Å². The summed E-state index contributed by atoms with van der Waals surface area (Å²) >= 11 is 3.45. The first-order valence-corrected chi connectivity index (χ1v) is 8.18. The predicted molar refractivity (Wildman–Crippen MR) is 95.1 cm³/mol. The second-order valence-electron chi connectivity index (χ2n) is 4.85. The fourth-order valence-electron chi connectivity index (χ4n) is 1.97. The van der Waals surface area contributed by atoms with Crippen LogP contribution < -0.4 is 4.74 Å². The normalized spacial score (nSPS) is 10.8. The van der Waals surface area contributed by atoms with Gasteiger partial charge in [0.15, 0.2) is 0 Å². The van der Waals surface area contributed by atoms with Crippen LogP contribution in [0.25, 0.3) is 6.08 Å². The van der Waals surface area contributed by atoms with Crippen molar-refractivity contribution >= 4 is 28.0 Å². The van der Waals surface area contributed by atoms with Gasteiger partial charge < -0.3 is 9.47 Å². The average Bonchev–Trinajstić information content (AvgIpc) is 2.60. The van der Waals surface area contributed by atoms with E-state index in [0.717, 1.165) is 10.0 Å². The van der Waals surface area contributed by atoms with Gasteiger partial charge >= 0.3 is 5.97 Å². The van der Waals surface area contributed by atoms with Crippen molar-refractivity contribution in [3.63, 3.8) is 0 Å². The minimum Gasteiger partial charge on any atom is -0.488 e. The Morgan fingerprint density at radius 2 is 2.00 bits per heavy atom. The van der Waals surface area contributed by atoms with E-state index in [4.69, 9.17) is 14.7 Å². The zero-order chi connectivity index (χ0) is 17.4. The monoisotopic (exact) mass is 385 g/mol. The summed E-state index contributed by atoms with van der Waals surface area (Å²) < 4.78 is 11.4. The predicted octanol–water partition coefficient (Wildman–Crippen LogP) is 4.50. The van der Waals surface area contributed by atoms with Crippen molar-refractivity contribution in [3.8, 4) is 11.8 Å². The molecule has 2 aromatic rings. The van der Waals surface area contributed by atoms with E-state index in [1.807, 2.05) is 36.4 Å². The molecule has 0 unspecified atom stereocenters. The number of hydrogen-bond acceptors (Lipinski definition) is 4. The molecule has 0 aliphatic heterocycles. The largest absolute Gasteiger partial charge is 0.488 e. The van der Waals surface area contributed by atoms with E-state index in [-0.39, 0.29) is 12.2 Å². The number of rotatable bonds is 6. The number of benzene rings is 2. The summed E-state index contributed by atoms with van der Waals surface area (Å²) in [5, 5.41) is 9.06. The Hall–Kier alpha value is -2.58. The SMILES string of the molecule is CCOC(=O)C(C#N)=Cc1ccc(OCc2ccccc2)c(Br)c1. The molecule has 0 saturated heterocycles. The quantitative estimate of drug-likeness (QED) is 0.417. The molecule has 0 radical (unpaired) electrons. The number of hydrogen-bond donors (Lipinski definition) is 0. The van der Waals surface area contributed by atoms with E-state index in [1.165, 1.54) is 6.08 Å². The van der Waals surface area contributed by atoms with Gasteiger partial charge in [0.05, 0.1) is 11.1 Å². The number of carbonyl (C=O) groups is 1. The Kier molecular flexibility index (Phi) is 6.59. The minimum absolute atomic E-state index is 0.0401. The Morgan fingerprint density at radius 3 is 2.62 bits per heavy atom. The lowest BCUT2D eigenvalue weighted by molar-refractivity contribution is -0.137. The van der Waals surface area contributed by atoms with Crippen LogP contribution in [0.4, 0.5) is 0 Å². The van der Waals surface area contributed by atoms with Crippen LogP contribution in [0.3, 0.4) is 0 Å². The summed E-state index contributed by atoms with van der Waals surface area (Å²) in [4.78, 5) is 11.6. The fourth-order valence-corrected chi connectivity index (χ4v) is 2.48. The van der Waals surface area contributed by atoms with Gasteiger partial charge in [-0.05, 0) is 52.2 Å². The van der Waals surface area contributed by atoms with Crippen molar-refractivity contribution in [2.24, 2.45) is 0 Å². The Balaban J connectivity index is 2.11. The molecule has 0 N–H and O–H groups in total. The zero-order valence-electron chi connectivity index (χ0n) is 13.2. The van der Waals surface area contributed by atoms with Crippen LogP contribution >= 0.6 is 15.9 Å². The third-order valence-corrected chi connectivity index (χ3v) is 3.74. The first kappa shape index (κ1) is 17.8. The van der Waals surface area contributed by atoms with Crippen molar-refractivity contribution in [3.05, 3.63) is 69.7 Å². The molecule has 0 bridgehead atoms. The number of halogens is 1. The molecule has 122 valence electrons. The van der Waals surface area contributed by atoms with Gasteiger partial charge in [-0.3, -0.25) is 0 Å². The third-order valence-electron chi connectivity index (χ3n) is 3.12. The van der Waals surface area contributed by atoms with Gasteiger partial charge in [-0.2, -0.15) is 5.26 Å². The maximum Gasteiger partial charge on any atom is 0.348 e. The molecule has 2 rings (SSSR count). The van der Waals surface area contributed by atoms with E-state index in [2.05, 4.69) is 15.9 Å². The molecule has 0 saturated carbocycles. The van der Waals surface area contributed by atoms with Crippen LogP contribution in [0.2, 0.25) is 0 Å². The number of nitriles is 1. The van der Waals surface area contributed by atoms with Crippen LogP contribution in [0.5, 0.6) is 5.75 Å². The molecule has 0 aliphatic rings. The van der Waals surface area contributed by atoms with Gasteiger partial charge in [-0.25, -0.2) is 4.79 Å². The second kappa shape index (κ2) is 8.90. The molecule has 4 nitrogen and oxygen atoms in total. The molecular formula is C19H16BrNO3.